The summed E-state index contributed by atoms with van der Waals surface area (Å²) in [4.78, 5) is 0. The molecule has 3 aliphatic carbocycles. The summed E-state index contributed by atoms with van der Waals surface area (Å²) in [5.74, 6) is 5.95. The minimum Gasteiger partial charge on any atom is -0.0619 e. The number of hydrogen-bond acceptors (Lipinski definition) is 0. The molecule has 0 heteroatoms. The van der Waals surface area contributed by atoms with Crippen LogP contribution < -0.4 is 0 Å². The molecule has 6 unspecified atom stereocenters. The molecular formula is C14H24. The van der Waals surface area contributed by atoms with Crippen LogP contribution >= 0.6 is 0 Å². The van der Waals surface area contributed by atoms with Crippen LogP contribution in [-0.4, -0.2) is 0 Å². The molecule has 0 aromatic rings. The van der Waals surface area contributed by atoms with E-state index >= 15 is 0 Å². The molecule has 80 valence electrons. The molecule has 0 radical (unpaired) electrons. The molecule has 3 aliphatic rings. The predicted molar refractivity (Wildman–Crippen MR) is 59.9 cm³/mol. The molecule has 14 heavy (non-hydrogen) atoms. The zero-order valence-corrected chi connectivity index (χ0v) is 10.5. The van der Waals surface area contributed by atoms with Gasteiger partial charge < -0.3 is 0 Å². The number of rotatable bonds is 0. The van der Waals surface area contributed by atoms with Crippen molar-refractivity contribution in [3.63, 3.8) is 0 Å². The van der Waals surface area contributed by atoms with Crippen LogP contribution in [0, 0.1) is 46.3 Å². The summed E-state index contributed by atoms with van der Waals surface area (Å²) >= 11 is 0. The largest absolute Gasteiger partial charge is 0.0619 e. The second-order valence-electron chi connectivity index (χ2n) is 6.91. The average Bonchev–Trinajstić information content (AvgIpc) is 2.28. The van der Waals surface area contributed by atoms with Gasteiger partial charge in [-0.2, -0.15) is 0 Å². The molecule has 0 saturated heterocycles. The summed E-state index contributed by atoms with van der Waals surface area (Å²) < 4.78 is 0. The van der Waals surface area contributed by atoms with Gasteiger partial charge in [0.2, 0.25) is 0 Å². The minimum absolute atomic E-state index is 0.682. The molecule has 3 saturated carbocycles. The molecule has 0 aromatic carbocycles. The molecule has 0 N–H and O–H groups in total. The second kappa shape index (κ2) is 2.08. The number of hydrogen-bond donors (Lipinski definition) is 0. The Morgan fingerprint density at radius 2 is 1.00 bits per heavy atom. The van der Waals surface area contributed by atoms with E-state index < -0.39 is 0 Å². The maximum absolute atomic E-state index is 2.59. The van der Waals surface area contributed by atoms with E-state index in [4.69, 9.17) is 0 Å². The van der Waals surface area contributed by atoms with E-state index in [0.717, 1.165) is 35.5 Å². The van der Waals surface area contributed by atoms with Gasteiger partial charge in [0.25, 0.3) is 0 Å². The normalized spacial score (nSPS) is 75.0. The van der Waals surface area contributed by atoms with Gasteiger partial charge in [-0.1, -0.05) is 41.5 Å². The van der Waals surface area contributed by atoms with Gasteiger partial charge in [-0.3, -0.25) is 0 Å². The van der Waals surface area contributed by atoms with E-state index in [1.807, 2.05) is 0 Å². The lowest BCUT2D eigenvalue weighted by atomic mass is 9.25. The third-order valence-corrected chi connectivity index (χ3v) is 7.48. The molecule has 0 amide bonds. The fourth-order valence-corrected chi connectivity index (χ4v) is 6.59. The smallest absolute Gasteiger partial charge is 0.0199 e. The molecule has 0 nitrogen and oxygen atoms in total. The van der Waals surface area contributed by atoms with E-state index in [9.17, 15) is 0 Å². The van der Waals surface area contributed by atoms with Gasteiger partial charge in [-0.05, 0) is 46.3 Å². The van der Waals surface area contributed by atoms with Crippen molar-refractivity contribution in [1.29, 1.82) is 0 Å². The van der Waals surface area contributed by atoms with Crippen LogP contribution in [0.2, 0.25) is 0 Å². The van der Waals surface area contributed by atoms with Crippen molar-refractivity contribution in [2.24, 2.45) is 46.3 Å². The van der Waals surface area contributed by atoms with Gasteiger partial charge in [0.05, 0.1) is 0 Å². The first kappa shape index (κ1) is 9.24. The van der Waals surface area contributed by atoms with E-state index in [-0.39, 0.29) is 0 Å². The highest BCUT2D eigenvalue weighted by molar-refractivity contribution is 5.30. The van der Waals surface area contributed by atoms with Gasteiger partial charge >= 0.3 is 0 Å². The summed E-state index contributed by atoms with van der Waals surface area (Å²) in [6, 6.07) is 0. The van der Waals surface area contributed by atoms with Crippen LogP contribution in [-0.2, 0) is 0 Å². The molecule has 6 atom stereocenters. The first-order chi connectivity index (χ1) is 6.38. The quantitative estimate of drug-likeness (QED) is 0.547. The topological polar surface area (TPSA) is 0 Å². The summed E-state index contributed by atoms with van der Waals surface area (Å²) in [7, 11) is 0. The maximum Gasteiger partial charge on any atom is -0.0199 e. The Hall–Kier alpha value is 0. The second-order valence-corrected chi connectivity index (χ2v) is 6.91. The van der Waals surface area contributed by atoms with E-state index in [0.29, 0.717) is 10.8 Å². The lowest BCUT2D eigenvalue weighted by molar-refractivity contribution is -0.319. The van der Waals surface area contributed by atoms with Crippen molar-refractivity contribution in [3.8, 4) is 0 Å². The highest BCUT2D eigenvalue weighted by Crippen LogP contribution is 2.87. The third kappa shape index (κ3) is 0.517. The lowest BCUT2D eigenvalue weighted by Gasteiger charge is -2.79. The van der Waals surface area contributed by atoms with Gasteiger partial charge in [-0.25, -0.2) is 0 Å². The maximum atomic E-state index is 2.59. The SMILES string of the molecule is CC1C(C)C2C(C)C3(C)C(C)C1C23C. The first-order valence-corrected chi connectivity index (χ1v) is 6.38. The molecule has 0 bridgehead atoms. The summed E-state index contributed by atoms with van der Waals surface area (Å²) in [6.07, 6.45) is 0. The summed E-state index contributed by atoms with van der Waals surface area (Å²) in [6.45, 7) is 15.2. The lowest BCUT2D eigenvalue weighted by Crippen LogP contribution is -2.75. The van der Waals surface area contributed by atoms with Crippen molar-refractivity contribution < 1.29 is 0 Å². The fraction of sp³-hybridized carbons (Fsp3) is 1.00. The van der Waals surface area contributed by atoms with Gasteiger partial charge in [0.15, 0.2) is 0 Å². The van der Waals surface area contributed by atoms with Crippen LogP contribution in [0.25, 0.3) is 0 Å². The first-order valence-electron chi connectivity index (χ1n) is 6.38. The highest BCUT2D eigenvalue weighted by Gasteiger charge is 2.83. The van der Waals surface area contributed by atoms with Gasteiger partial charge in [0.1, 0.15) is 0 Å². The molecule has 3 fully saturated rings. The molecular weight excluding hydrogens is 168 g/mol. The van der Waals surface area contributed by atoms with Gasteiger partial charge in [-0.15, -0.1) is 0 Å². The Labute approximate surface area is 88.5 Å². The van der Waals surface area contributed by atoms with Crippen molar-refractivity contribution in [2.75, 3.05) is 0 Å². The van der Waals surface area contributed by atoms with Crippen molar-refractivity contribution in [1.82, 2.24) is 0 Å². The predicted octanol–water partition coefficient (Wildman–Crippen LogP) is 3.82. The average molecular weight is 192 g/mol. The Morgan fingerprint density at radius 1 is 0.643 bits per heavy atom. The van der Waals surface area contributed by atoms with Crippen LogP contribution in [0.15, 0.2) is 0 Å². The van der Waals surface area contributed by atoms with Crippen molar-refractivity contribution in [2.45, 2.75) is 41.5 Å². The van der Waals surface area contributed by atoms with E-state index in [1.54, 1.807) is 0 Å². The summed E-state index contributed by atoms with van der Waals surface area (Å²) in [5.41, 5.74) is 1.39. The third-order valence-electron chi connectivity index (χ3n) is 7.48. The minimum atomic E-state index is 0.682. The van der Waals surface area contributed by atoms with Crippen molar-refractivity contribution in [3.05, 3.63) is 0 Å². The van der Waals surface area contributed by atoms with Crippen LogP contribution in [0.5, 0.6) is 0 Å². The fourth-order valence-electron chi connectivity index (χ4n) is 6.59. The van der Waals surface area contributed by atoms with Crippen molar-refractivity contribution >= 4 is 0 Å². The monoisotopic (exact) mass is 192 g/mol. The molecule has 0 spiro atoms. The summed E-state index contributed by atoms with van der Waals surface area (Å²) in [5, 5.41) is 0. The Balaban J connectivity index is 2.09. The highest BCUT2D eigenvalue weighted by atomic mass is 14.9. The molecule has 0 heterocycles. The van der Waals surface area contributed by atoms with Crippen LogP contribution in [0.1, 0.15) is 41.5 Å². The van der Waals surface area contributed by atoms with E-state index in [1.165, 1.54) is 0 Å². The Bertz CT molecular complexity index is 268. The van der Waals surface area contributed by atoms with E-state index in [2.05, 4.69) is 41.5 Å². The molecule has 3 rings (SSSR count). The molecule has 0 aromatic heterocycles. The van der Waals surface area contributed by atoms with Gasteiger partial charge in [0, 0.05) is 0 Å². The van der Waals surface area contributed by atoms with Crippen LogP contribution in [0.4, 0.5) is 0 Å². The van der Waals surface area contributed by atoms with Crippen LogP contribution in [0.3, 0.4) is 0 Å². The Morgan fingerprint density at radius 3 is 1.36 bits per heavy atom. The zero-order valence-electron chi connectivity index (χ0n) is 10.5. The Kier molecular flexibility index (Phi) is 1.37. The standard InChI is InChI=1S/C14H24/c1-7-8(2)12-10(4)13(5)9(3)11(7)14(12,13)6/h7-12H,1-6H3. The zero-order chi connectivity index (χ0) is 10.5. The molecule has 0 aliphatic heterocycles.